The predicted molar refractivity (Wildman–Crippen MR) is 104 cm³/mol. The Bertz CT molecular complexity index is 1020. The van der Waals surface area contributed by atoms with Gasteiger partial charge in [0.1, 0.15) is 5.82 Å². The summed E-state index contributed by atoms with van der Waals surface area (Å²) in [6.07, 6.45) is 0. The number of fused-ring (bicyclic) bond motifs is 1. The summed E-state index contributed by atoms with van der Waals surface area (Å²) in [4.78, 5) is 20.7. The first kappa shape index (κ1) is 16.1. The number of H-pyrrole nitrogens is 1. The van der Waals surface area contributed by atoms with E-state index in [9.17, 15) is 4.79 Å². The van der Waals surface area contributed by atoms with E-state index in [-0.39, 0.29) is 11.9 Å². The number of benzene rings is 3. The van der Waals surface area contributed by atoms with Gasteiger partial charge in [0, 0.05) is 5.56 Å². The van der Waals surface area contributed by atoms with Crippen molar-refractivity contribution in [2.75, 3.05) is 0 Å². The molecule has 0 fully saturated rings. The maximum atomic E-state index is 12.9. The highest BCUT2D eigenvalue weighted by Crippen LogP contribution is 2.24. The Morgan fingerprint density at radius 3 is 2.42 bits per heavy atom. The summed E-state index contributed by atoms with van der Waals surface area (Å²) < 4.78 is 0. The minimum atomic E-state index is -0.223. The van der Waals surface area contributed by atoms with Gasteiger partial charge in [-0.2, -0.15) is 0 Å². The van der Waals surface area contributed by atoms with Crippen LogP contribution in [0, 0.1) is 0 Å². The lowest BCUT2D eigenvalue weighted by Crippen LogP contribution is -2.27. The molecule has 1 amide bonds. The molecule has 0 radical (unpaired) electrons. The quantitative estimate of drug-likeness (QED) is 0.564. The van der Waals surface area contributed by atoms with Crippen molar-refractivity contribution in [3.05, 3.63) is 90.3 Å². The molecule has 4 aromatic rings. The monoisotopic (exact) mass is 341 g/mol. The zero-order valence-corrected chi connectivity index (χ0v) is 14.4. The third kappa shape index (κ3) is 3.09. The van der Waals surface area contributed by atoms with Gasteiger partial charge in [0.25, 0.3) is 5.91 Å². The maximum Gasteiger partial charge on any atom is 0.252 e. The van der Waals surface area contributed by atoms with Crippen molar-refractivity contribution in [3.63, 3.8) is 0 Å². The van der Waals surface area contributed by atoms with Crippen LogP contribution in [0.15, 0.2) is 78.9 Å². The smallest absolute Gasteiger partial charge is 0.252 e. The molecule has 0 spiro atoms. The van der Waals surface area contributed by atoms with Crippen LogP contribution < -0.4 is 5.32 Å². The number of hydrogen-bond acceptors (Lipinski definition) is 2. The molecule has 1 heterocycles. The third-order valence-electron chi connectivity index (χ3n) is 4.42. The Labute approximate surface area is 151 Å². The van der Waals surface area contributed by atoms with Crippen molar-refractivity contribution in [2.24, 2.45) is 0 Å². The van der Waals surface area contributed by atoms with E-state index in [1.165, 1.54) is 0 Å². The van der Waals surface area contributed by atoms with E-state index in [1.807, 2.05) is 85.8 Å². The fourth-order valence-electron chi connectivity index (χ4n) is 3.07. The van der Waals surface area contributed by atoms with E-state index < -0.39 is 0 Å². The number of amides is 1. The zero-order valence-electron chi connectivity index (χ0n) is 14.4. The van der Waals surface area contributed by atoms with Crippen molar-refractivity contribution in [3.8, 4) is 11.1 Å². The van der Waals surface area contributed by atoms with Crippen LogP contribution in [0.4, 0.5) is 0 Å². The summed E-state index contributed by atoms with van der Waals surface area (Å²) in [5.41, 5.74) is 4.46. The van der Waals surface area contributed by atoms with Crippen LogP contribution in [-0.4, -0.2) is 15.9 Å². The zero-order chi connectivity index (χ0) is 17.9. The van der Waals surface area contributed by atoms with Gasteiger partial charge < -0.3 is 10.3 Å². The molecule has 0 bridgehead atoms. The highest BCUT2D eigenvalue weighted by atomic mass is 16.1. The fraction of sp³-hybridized carbons (Fsp3) is 0.0909. The molecular formula is C22H19N3O. The number of rotatable bonds is 4. The second kappa shape index (κ2) is 6.84. The maximum absolute atomic E-state index is 12.9. The van der Waals surface area contributed by atoms with Gasteiger partial charge in [0.15, 0.2) is 0 Å². The molecule has 0 aliphatic carbocycles. The molecule has 3 aromatic carbocycles. The van der Waals surface area contributed by atoms with E-state index in [1.54, 1.807) is 0 Å². The lowest BCUT2D eigenvalue weighted by atomic mass is 9.99. The summed E-state index contributed by atoms with van der Waals surface area (Å²) in [5.74, 6) is 0.633. The third-order valence-corrected chi connectivity index (χ3v) is 4.42. The summed E-state index contributed by atoms with van der Waals surface area (Å²) >= 11 is 0. The van der Waals surface area contributed by atoms with E-state index in [4.69, 9.17) is 0 Å². The van der Waals surface area contributed by atoms with Gasteiger partial charge in [-0.25, -0.2) is 4.98 Å². The first-order chi connectivity index (χ1) is 12.7. The Hall–Kier alpha value is -3.40. The molecule has 2 N–H and O–H groups in total. The largest absolute Gasteiger partial charge is 0.342 e. The van der Waals surface area contributed by atoms with Gasteiger partial charge in [-0.05, 0) is 36.2 Å². The fourth-order valence-corrected chi connectivity index (χ4v) is 3.07. The van der Waals surface area contributed by atoms with Crippen LogP contribution in [0.1, 0.15) is 29.1 Å². The first-order valence-electron chi connectivity index (χ1n) is 8.62. The number of carbonyl (C=O) groups excluding carboxylic acids is 1. The number of nitrogens with zero attached hydrogens (tertiary/aromatic N) is 1. The lowest BCUT2D eigenvalue weighted by Gasteiger charge is -2.14. The van der Waals surface area contributed by atoms with E-state index in [0.29, 0.717) is 5.56 Å². The number of nitrogens with one attached hydrogen (secondary N) is 2. The molecule has 1 unspecified atom stereocenters. The summed E-state index contributed by atoms with van der Waals surface area (Å²) in [6.45, 7) is 1.93. The van der Waals surface area contributed by atoms with E-state index >= 15 is 0 Å². The predicted octanol–water partition coefficient (Wildman–Crippen LogP) is 4.72. The van der Waals surface area contributed by atoms with E-state index in [2.05, 4.69) is 15.3 Å². The molecule has 0 aliphatic rings. The van der Waals surface area contributed by atoms with Gasteiger partial charge >= 0.3 is 0 Å². The number of carbonyl (C=O) groups is 1. The number of aromatic amines is 1. The molecular weight excluding hydrogens is 322 g/mol. The molecule has 26 heavy (non-hydrogen) atoms. The molecule has 128 valence electrons. The Balaban J connectivity index is 1.60. The summed E-state index contributed by atoms with van der Waals surface area (Å²) in [5, 5.41) is 3.05. The second-order valence-corrected chi connectivity index (χ2v) is 6.25. The summed E-state index contributed by atoms with van der Waals surface area (Å²) in [7, 11) is 0. The van der Waals surface area contributed by atoms with Gasteiger partial charge in [-0.3, -0.25) is 4.79 Å². The molecule has 1 aromatic heterocycles. The molecule has 4 heteroatoms. The number of aromatic nitrogens is 2. The number of imidazole rings is 1. The molecule has 0 aliphatic heterocycles. The van der Waals surface area contributed by atoms with E-state index in [0.717, 1.165) is 28.0 Å². The van der Waals surface area contributed by atoms with Gasteiger partial charge in [-0.15, -0.1) is 0 Å². The molecule has 4 rings (SSSR count). The molecule has 0 saturated carbocycles. The minimum Gasteiger partial charge on any atom is -0.342 e. The first-order valence-corrected chi connectivity index (χ1v) is 8.62. The normalized spacial score (nSPS) is 12.0. The van der Waals surface area contributed by atoms with Crippen LogP contribution in [0.2, 0.25) is 0 Å². The Morgan fingerprint density at radius 1 is 0.923 bits per heavy atom. The standard InChI is InChI=1S/C22H19N3O/c1-15(21-24-19-13-7-8-14-20(19)25-21)23-22(26)18-12-6-5-11-17(18)16-9-3-2-4-10-16/h2-15H,1H3,(H,23,26)(H,24,25). The average Bonchev–Trinajstić information content (AvgIpc) is 3.13. The van der Waals surface area contributed by atoms with Gasteiger partial charge in [-0.1, -0.05) is 60.7 Å². The molecule has 4 nitrogen and oxygen atoms in total. The van der Waals surface area contributed by atoms with Crippen molar-refractivity contribution in [2.45, 2.75) is 13.0 Å². The van der Waals surface area contributed by atoms with Crippen molar-refractivity contribution in [1.82, 2.24) is 15.3 Å². The number of hydrogen-bond donors (Lipinski definition) is 2. The summed E-state index contributed by atoms with van der Waals surface area (Å²) in [6, 6.07) is 25.2. The lowest BCUT2D eigenvalue weighted by molar-refractivity contribution is 0.0939. The SMILES string of the molecule is CC(NC(=O)c1ccccc1-c1ccccc1)c1nc2ccccc2[nH]1. The topological polar surface area (TPSA) is 57.8 Å². The van der Waals surface area contributed by atoms with Crippen molar-refractivity contribution >= 4 is 16.9 Å². The van der Waals surface area contributed by atoms with Crippen LogP contribution in [0.5, 0.6) is 0 Å². The van der Waals surface area contributed by atoms with Crippen molar-refractivity contribution < 1.29 is 4.79 Å². The second-order valence-electron chi connectivity index (χ2n) is 6.25. The number of para-hydroxylation sites is 2. The van der Waals surface area contributed by atoms with Gasteiger partial charge in [0.05, 0.1) is 17.1 Å². The molecule has 0 saturated heterocycles. The van der Waals surface area contributed by atoms with Crippen molar-refractivity contribution in [1.29, 1.82) is 0 Å². The van der Waals surface area contributed by atoms with Crippen LogP contribution in [0.3, 0.4) is 0 Å². The van der Waals surface area contributed by atoms with Crippen LogP contribution >= 0.6 is 0 Å². The van der Waals surface area contributed by atoms with Crippen LogP contribution in [0.25, 0.3) is 22.2 Å². The Morgan fingerprint density at radius 2 is 1.62 bits per heavy atom. The molecule has 1 atom stereocenters. The van der Waals surface area contributed by atoms with Crippen LogP contribution in [-0.2, 0) is 0 Å². The minimum absolute atomic E-state index is 0.114. The highest BCUT2D eigenvalue weighted by Gasteiger charge is 2.17. The highest BCUT2D eigenvalue weighted by molar-refractivity contribution is 6.01. The van der Waals surface area contributed by atoms with Gasteiger partial charge in [0.2, 0.25) is 0 Å². The average molecular weight is 341 g/mol. The Kier molecular flexibility index (Phi) is 4.23.